The number of rotatable bonds is 6. The van der Waals surface area contributed by atoms with Crippen LogP contribution < -0.4 is 5.32 Å². The Morgan fingerprint density at radius 3 is 2.54 bits per heavy atom. The quantitative estimate of drug-likeness (QED) is 0.406. The first-order chi connectivity index (χ1) is 13.3. The summed E-state index contributed by atoms with van der Waals surface area (Å²) in [5.41, 5.74) is 1.25. The molecule has 0 aliphatic carbocycles. The molecule has 0 saturated carbocycles. The lowest BCUT2D eigenvalue weighted by atomic mass is 9.96. The van der Waals surface area contributed by atoms with Crippen molar-refractivity contribution in [2.24, 2.45) is 5.92 Å². The van der Waals surface area contributed by atoms with E-state index in [-0.39, 0.29) is 5.75 Å². The van der Waals surface area contributed by atoms with Crippen LogP contribution in [0.15, 0.2) is 54.6 Å². The molecule has 1 amide bonds. The number of carbonyl (C=O) groups is 2. The van der Waals surface area contributed by atoms with Gasteiger partial charge in [-0.3, -0.25) is 5.32 Å². The summed E-state index contributed by atoms with van der Waals surface area (Å²) in [7, 11) is 0. The van der Waals surface area contributed by atoms with Gasteiger partial charge in [0, 0.05) is 26.8 Å². The molecule has 0 radical (unpaired) electrons. The van der Waals surface area contributed by atoms with Gasteiger partial charge in [-0.25, -0.2) is 9.59 Å². The molecule has 0 heterocycles. The SMILES string of the molecule is C[C@H](/C=C/C(=O)O)[C@@H](OC(=O)Nc1ccc(C#N)cc1)c1cc(I)ccc1O. The lowest BCUT2D eigenvalue weighted by Crippen LogP contribution is -2.21. The lowest BCUT2D eigenvalue weighted by molar-refractivity contribution is -0.131. The summed E-state index contributed by atoms with van der Waals surface area (Å²) in [6.45, 7) is 1.68. The van der Waals surface area contributed by atoms with Crippen LogP contribution in [0.1, 0.15) is 24.2 Å². The van der Waals surface area contributed by atoms with Crippen molar-refractivity contribution in [1.82, 2.24) is 0 Å². The van der Waals surface area contributed by atoms with E-state index in [0.29, 0.717) is 16.8 Å². The van der Waals surface area contributed by atoms with Gasteiger partial charge in [-0.2, -0.15) is 5.26 Å². The maximum absolute atomic E-state index is 12.4. The summed E-state index contributed by atoms with van der Waals surface area (Å²) >= 11 is 2.06. The smallest absolute Gasteiger partial charge is 0.412 e. The molecule has 8 heteroatoms. The second kappa shape index (κ2) is 9.75. The number of anilines is 1. The van der Waals surface area contributed by atoms with Gasteiger partial charge < -0.3 is 14.9 Å². The number of aromatic hydroxyl groups is 1. The van der Waals surface area contributed by atoms with Crippen molar-refractivity contribution in [3.8, 4) is 11.8 Å². The fourth-order valence-corrected chi connectivity index (χ4v) is 2.95. The highest BCUT2D eigenvalue weighted by atomic mass is 127. The monoisotopic (exact) mass is 492 g/mol. The largest absolute Gasteiger partial charge is 0.508 e. The molecule has 0 saturated heterocycles. The van der Waals surface area contributed by atoms with Crippen LogP contribution in [0, 0.1) is 20.8 Å². The van der Waals surface area contributed by atoms with Gasteiger partial charge >= 0.3 is 12.1 Å². The Morgan fingerprint density at radius 2 is 1.93 bits per heavy atom. The van der Waals surface area contributed by atoms with Crippen molar-refractivity contribution in [1.29, 1.82) is 5.26 Å². The van der Waals surface area contributed by atoms with Gasteiger partial charge in [0.2, 0.25) is 0 Å². The van der Waals surface area contributed by atoms with Gasteiger partial charge in [0.1, 0.15) is 11.9 Å². The number of amides is 1. The van der Waals surface area contributed by atoms with Crippen molar-refractivity contribution in [2.45, 2.75) is 13.0 Å². The van der Waals surface area contributed by atoms with Gasteiger partial charge in [0.25, 0.3) is 0 Å². The molecule has 7 nitrogen and oxygen atoms in total. The van der Waals surface area contributed by atoms with E-state index in [0.717, 1.165) is 9.65 Å². The number of phenolic OH excluding ortho intramolecular Hbond substituents is 1. The molecule has 0 unspecified atom stereocenters. The number of carboxylic acids is 1. The molecule has 0 fully saturated rings. The van der Waals surface area contributed by atoms with E-state index in [9.17, 15) is 14.7 Å². The average Bonchev–Trinajstić information content (AvgIpc) is 2.67. The van der Waals surface area contributed by atoms with Crippen LogP contribution in [0.3, 0.4) is 0 Å². The second-order valence-corrected chi connectivity index (χ2v) is 7.15. The number of hydrogen-bond donors (Lipinski definition) is 3. The molecule has 144 valence electrons. The third-order valence-corrected chi connectivity index (χ3v) is 4.48. The Hall–Kier alpha value is -3.06. The van der Waals surface area contributed by atoms with E-state index in [1.807, 2.05) is 6.07 Å². The molecule has 2 atom stereocenters. The molecule has 2 aromatic carbocycles. The van der Waals surface area contributed by atoms with Crippen LogP contribution >= 0.6 is 22.6 Å². The third-order valence-electron chi connectivity index (χ3n) is 3.81. The number of carboxylic acid groups (broad SMARTS) is 1. The summed E-state index contributed by atoms with van der Waals surface area (Å²) in [6, 6.07) is 13.1. The molecule has 0 aliphatic heterocycles. The average molecular weight is 492 g/mol. The zero-order valence-electron chi connectivity index (χ0n) is 14.8. The zero-order chi connectivity index (χ0) is 20.7. The maximum atomic E-state index is 12.4. The van der Waals surface area contributed by atoms with Crippen LogP contribution in [-0.2, 0) is 9.53 Å². The molecule has 2 aromatic rings. The number of aliphatic carboxylic acids is 1. The number of hydrogen-bond acceptors (Lipinski definition) is 5. The van der Waals surface area contributed by atoms with Crippen molar-refractivity contribution in [3.63, 3.8) is 0 Å². The molecular formula is C20H17IN2O5. The summed E-state index contributed by atoms with van der Waals surface area (Å²) in [6.07, 6.45) is 0.665. The van der Waals surface area contributed by atoms with Gasteiger partial charge in [-0.1, -0.05) is 13.0 Å². The molecular weight excluding hydrogens is 475 g/mol. The Kier molecular flexibility index (Phi) is 7.40. The Bertz CT molecular complexity index is 935. The number of nitrogens with zero attached hydrogens (tertiary/aromatic N) is 1. The predicted molar refractivity (Wildman–Crippen MR) is 111 cm³/mol. The second-order valence-electron chi connectivity index (χ2n) is 5.90. The van der Waals surface area contributed by atoms with Crippen LogP contribution in [0.25, 0.3) is 0 Å². The first-order valence-corrected chi connectivity index (χ1v) is 9.25. The topological polar surface area (TPSA) is 120 Å². The van der Waals surface area contributed by atoms with E-state index < -0.39 is 24.1 Å². The van der Waals surface area contributed by atoms with Crippen LogP contribution in [0.5, 0.6) is 5.75 Å². The van der Waals surface area contributed by atoms with E-state index in [2.05, 4.69) is 27.9 Å². The molecule has 0 bridgehead atoms. The molecule has 0 aromatic heterocycles. The van der Waals surface area contributed by atoms with Gasteiger partial charge in [-0.05, 0) is 65.1 Å². The fourth-order valence-electron chi connectivity index (χ4n) is 2.43. The van der Waals surface area contributed by atoms with Crippen molar-refractivity contribution >= 4 is 40.3 Å². The zero-order valence-corrected chi connectivity index (χ0v) is 17.0. The minimum absolute atomic E-state index is 0.0628. The number of benzene rings is 2. The number of phenols is 1. The molecule has 3 N–H and O–H groups in total. The third kappa shape index (κ3) is 5.99. The number of ether oxygens (including phenoxy) is 1. The van der Waals surface area contributed by atoms with Crippen molar-refractivity contribution in [3.05, 3.63) is 69.3 Å². The Balaban J connectivity index is 2.25. The molecule has 28 heavy (non-hydrogen) atoms. The minimum atomic E-state index is -1.13. The summed E-state index contributed by atoms with van der Waals surface area (Å²) in [5, 5.41) is 30.4. The highest BCUT2D eigenvalue weighted by molar-refractivity contribution is 14.1. The van der Waals surface area contributed by atoms with Gasteiger partial charge in [0.05, 0.1) is 11.6 Å². The number of nitriles is 1. The Morgan fingerprint density at radius 1 is 1.25 bits per heavy atom. The van der Waals surface area contributed by atoms with E-state index in [1.54, 1.807) is 43.3 Å². The van der Waals surface area contributed by atoms with Crippen LogP contribution in [0.2, 0.25) is 0 Å². The first-order valence-electron chi connectivity index (χ1n) is 8.17. The molecule has 2 rings (SSSR count). The number of carbonyl (C=O) groups excluding carboxylic acids is 1. The van der Waals surface area contributed by atoms with Gasteiger partial charge in [0.15, 0.2) is 0 Å². The predicted octanol–water partition coefficient (Wildman–Crippen LogP) is 4.44. The summed E-state index contributed by atoms with van der Waals surface area (Å²) < 4.78 is 6.32. The highest BCUT2D eigenvalue weighted by Crippen LogP contribution is 2.34. The standard InChI is InChI=1S/C20H17IN2O5/c1-12(2-9-18(25)26)19(16-10-14(21)5-8-17(16)24)28-20(27)23-15-6-3-13(11-22)4-7-15/h2-10,12,19,24H,1H3,(H,23,27)(H,25,26)/b9-2+/t12-,19-/m1/s1. The number of halogens is 1. The van der Waals surface area contributed by atoms with Crippen LogP contribution in [-0.4, -0.2) is 22.3 Å². The van der Waals surface area contributed by atoms with Gasteiger partial charge in [-0.15, -0.1) is 0 Å². The normalized spacial score (nSPS) is 12.8. The van der Waals surface area contributed by atoms with E-state index >= 15 is 0 Å². The fraction of sp³-hybridized carbons (Fsp3) is 0.150. The summed E-state index contributed by atoms with van der Waals surface area (Å²) in [5.74, 6) is -1.71. The van der Waals surface area contributed by atoms with E-state index in [4.69, 9.17) is 15.1 Å². The lowest BCUT2D eigenvalue weighted by Gasteiger charge is -2.23. The van der Waals surface area contributed by atoms with Crippen molar-refractivity contribution < 1.29 is 24.5 Å². The summed E-state index contributed by atoms with van der Waals surface area (Å²) in [4.78, 5) is 23.2. The van der Waals surface area contributed by atoms with Crippen LogP contribution in [0.4, 0.5) is 10.5 Å². The van der Waals surface area contributed by atoms with E-state index in [1.165, 1.54) is 12.1 Å². The number of nitrogens with one attached hydrogen (secondary N) is 1. The van der Waals surface area contributed by atoms with Crippen molar-refractivity contribution in [2.75, 3.05) is 5.32 Å². The Labute approximate surface area is 175 Å². The maximum Gasteiger partial charge on any atom is 0.412 e. The molecule has 0 aliphatic rings. The first kappa shape index (κ1) is 21.2. The minimum Gasteiger partial charge on any atom is -0.508 e. The molecule has 0 spiro atoms. The highest BCUT2D eigenvalue weighted by Gasteiger charge is 2.25.